The Kier molecular flexibility index (Phi) is 5.60. The number of nitrogens with one attached hydrogen (secondary N) is 1. The number of carbonyl (C=O) groups excluding carboxylic acids is 1. The first-order valence-corrected chi connectivity index (χ1v) is 6.83. The Bertz CT molecular complexity index is 323. The van der Waals surface area contributed by atoms with Crippen molar-refractivity contribution >= 4 is 12.0 Å². The second kappa shape index (κ2) is 6.75. The van der Waals surface area contributed by atoms with Gasteiger partial charge in [0, 0.05) is 39.1 Å². The number of hydrogen-bond donors (Lipinski definition) is 2. The predicted molar refractivity (Wildman–Crippen MR) is 71.1 cm³/mol. The number of hydrogen-bond acceptors (Lipinski definition) is 3. The van der Waals surface area contributed by atoms with E-state index in [9.17, 15) is 14.7 Å². The molecule has 6 nitrogen and oxygen atoms in total. The molecule has 19 heavy (non-hydrogen) atoms. The van der Waals surface area contributed by atoms with Gasteiger partial charge in [0.05, 0.1) is 0 Å². The molecule has 0 aliphatic carbocycles. The van der Waals surface area contributed by atoms with Gasteiger partial charge in [0.25, 0.3) is 0 Å². The third kappa shape index (κ3) is 3.59. The van der Waals surface area contributed by atoms with Crippen LogP contribution in [0.2, 0.25) is 0 Å². The standard InChI is InChI=1S/C13H24N2O4/c1-4-10(5-2)15(3)12(18)14-13(11(16)17)6-8-19-9-7-13/h10H,4-9H2,1-3H3,(H,14,18)(H,16,17). The SMILES string of the molecule is CCC(CC)N(C)C(=O)NC1(C(=O)O)CCOCC1. The van der Waals surface area contributed by atoms with Crippen LogP contribution in [-0.2, 0) is 9.53 Å². The maximum Gasteiger partial charge on any atom is 0.329 e. The molecular formula is C13H24N2O4. The lowest BCUT2D eigenvalue weighted by molar-refractivity contribution is -0.148. The molecule has 0 radical (unpaired) electrons. The molecule has 2 N–H and O–H groups in total. The molecule has 1 fully saturated rings. The second-order valence-electron chi connectivity index (χ2n) is 5.01. The maximum atomic E-state index is 12.2. The summed E-state index contributed by atoms with van der Waals surface area (Å²) in [5, 5.41) is 12.1. The highest BCUT2D eigenvalue weighted by atomic mass is 16.5. The molecule has 0 bridgehead atoms. The van der Waals surface area contributed by atoms with Gasteiger partial charge in [-0.3, -0.25) is 0 Å². The van der Waals surface area contributed by atoms with Crippen LogP contribution in [0.3, 0.4) is 0 Å². The fraction of sp³-hybridized carbons (Fsp3) is 0.846. The minimum Gasteiger partial charge on any atom is -0.480 e. The lowest BCUT2D eigenvalue weighted by Crippen LogP contribution is -2.60. The normalized spacial score (nSPS) is 18.1. The molecule has 1 aliphatic heterocycles. The number of rotatable bonds is 5. The van der Waals surface area contributed by atoms with Gasteiger partial charge < -0.3 is 20.1 Å². The van der Waals surface area contributed by atoms with E-state index >= 15 is 0 Å². The van der Waals surface area contributed by atoms with Gasteiger partial charge in [-0.25, -0.2) is 9.59 Å². The summed E-state index contributed by atoms with van der Waals surface area (Å²) in [6.07, 6.45) is 2.32. The van der Waals surface area contributed by atoms with E-state index in [1.54, 1.807) is 11.9 Å². The molecule has 0 spiro atoms. The Labute approximate surface area is 114 Å². The zero-order chi connectivity index (χ0) is 14.5. The molecule has 0 unspecified atom stereocenters. The zero-order valence-corrected chi connectivity index (χ0v) is 11.9. The molecule has 0 aromatic heterocycles. The van der Waals surface area contributed by atoms with Crippen LogP contribution in [0, 0.1) is 0 Å². The predicted octanol–water partition coefficient (Wildman–Crippen LogP) is 1.45. The van der Waals surface area contributed by atoms with Crippen molar-refractivity contribution in [1.82, 2.24) is 10.2 Å². The van der Waals surface area contributed by atoms with Crippen molar-refractivity contribution < 1.29 is 19.4 Å². The van der Waals surface area contributed by atoms with E-state index in [4.69, 9.17) is 4.74 Å². The lowest BCUT2D eigenvalue weighted by atomic mass is 9.90. The Morgan fingerprint density at radius 2 is 1.84 bits per heavy atom. The summed E-state index contributed by atoms with van der Waals surface area (Å²) in [7, 11) is 1.71. The summed E-state index contributed by atoms with van der Waals surface area (Å²) in [5.74, 6) is -0.984. The summed E-state index contributed by atoms with van der Waals surface area (Å²) in [5.41, 5.74) is -1.18. The van der Waals surface area contributed by atoms with Gasteiger partial charge in [-0.15, -0.1) is 0 Å². The fourth-order valence-electron chi connectivity index (χ4n) is 2.41. The van der Waals surface area contributed by atoms with Crippen molar-refractivity contribution in [1.29, 1.82) is 0 Å². The van der Waals surface area contributed by atoms with E-state index in [2.05, 4.69) is 5.32 Å². The molecule has 2 amide bonds. The van der Waals surface area contributed by atoms with Crippen LogP contribution in [0.25, 0.3) is 0 Å². The molecule has 1 heterocycles. The lowest BCUT2D eigenvalue weighted by Gasteiger charge is -2.36. The van der Waals surface area contributed by atoms with Gasteiger partial charge in [-0.05, 0) is 12.8 Å². The largest absolute Gasteiger partial charge is 0.480 e. The van der Waals surface area contributed by atoms with Crippen molar-refractivity contribution in [3.63, 3.8) is 0 Å². The summed E-state index contributed by atoms with van der Waals surface area (Å²) in [6.45, 7) is 4.75. The Balaban J connectivity index is 2.74. The van der Waals surface area contributed by atoms with Gasteiger partial charge >= 0.3 is 12.0 Å². The number of ether oxygens (including phenoxy) is 1. The van der Waals surface area contributed by atoms with Crippen LogP contribution >= 0.6 is 0 Å². The van der Waals surface area contributed by atoms with Crippen molar-refractivity contribution in [2.75, 3.05) is 20.3 Å². The van der Waals surface area contributed by atoms with Crippen LogP contribution in [0.4, 0.5) is 4.79 Å². The number of carboxylic acid groups (broad SMARTS) is 1. The topological polar surface area (TPSA) is 78.9 Å². The summed E-state index contributed by atoms with van der Waals surface area (Å²) < 4.78 is 5.18. The average Bonchev–Trinajstić information content (AvgIpc) is 2.40. The first kappa shape index (κ1) is 15.8. The van der Waals surface area contributed by atoms with Crippen molar-refractivity contribution in [2.45, 2.75) is 51.1 Å². The van der Waals surface area contributed by atoms with Gasteiger partial charge in [0.1, 0.15) is 5.54 Å². The van der Waals surface area contributed by atoms with Crippen molar-refractivity contribution in [3.8, 4) is 0 Å². The van der Waals surface area contributed by atoms with Gasteiger partial charge in [-0.2, -0.15) is 0 Å². The van der Waals surface area contributed by atoms with E-state index < -0.39 is 11.5 Å². The fourth-order valence-corrected chi connectivity index (χ4v) is 2.41. The summed E-state index contributed by atoms with van der Waals surface area (Å²) in [4.78, 5) is 25.2. The van der Waals surface area contributed by atoms with E-state index in [0.29, 0.717) is 26.1 Å². The Hall–Kier alpha value is -1.30. The molecule has 0 aromatic carbocycles. The molecule has 6 heteroatoms. The van der Waals surface area contributed by atoms with Gasteiger partial charge in [-0.1, -0.05) is 13.8 Å². The van der Waals surface area contributed by atoms with Crippen molar-refractivity contribution in [2.24, 2.45) is 0 Å². The molecule has 0 saturated carbocycles. The molecule has 0 atom stereocenters. The number of amides is 2. The van der Waals surface area contributed by atoms with Crippen LogP contribution in [0.1, 0.15) is 39.5 Å². The highest BCUT2D eigenvalue weighted by Gasteiger charge is 2.42. The number of nitrogens with zero attached hydrogens (tertiary/aromatic N) is 1. The zero-order valence-electron chi connectivity index (χ0n) is 11.9. The number of urea groups is 1. The summed E-state index contributed by atoms with van der Waals surface area (Å²) in [6, 6.07) is -0.191. The number of carboxylic acids is 1. The van der Waals surface area contributed by atoms with E-state index in [-0.39, 0.29) is 12.1 Å². The first-order valence-electron chi connectivity index (χ1n) is 6.83. The minimum absolute atomic E-state index is 0.130. The van der Waals surface area contributed by atoms with E-state index in [1.807, 2.05) is 13.8 Å². The van der Waals surface area contributed by atoms with Crippen LogP contribution in [0.15, 0.2) is 0 Å². The molecule has 1 saturated heterocycles. The number of carbonyl (C=O) groups is 2. The molecule has 1 aliphatic rings. The maximum absolute atomic E-state index is 12.2. The van der Waals surface area contributed by atoms with Crippen LogP contribution < -0.4 is 5.32 Å². The molecular weight excluding hydrogens is 248 g/mol. The second-order valence-corrected chi connectivity index (χ2v) is 5.01. The van der Waals surface area contributed by atoms with Crippen LogP contribution in [0.5, 0.6) is 0 Å². The third-order valence-corrected chi connectivity index (χ3v) is 3.91. The quantitative estimate of drug-likeness (QED) is 0.794. The Morgan fingerprint density at radius 3 is 2.26 bits per heavy atom. The number of aliphatic carboxylic acids is 1. The summed E-state index contributed by atoms with van der Waals surface area (Å²) >= 11 is 0. The van der Waals surface area contributed by atoms with Crippen LogP contribution in [-0.4, -0.2) is 53.8 Å². The van der Waals surface area contributed by atoms with Gasteiger partial charge in [0.15, 0.2) is 0 Å². The molecule has 110 valence electrons. The Morgan fingerprint density at radius 1 is 1.32 bits per heavy atom. The average molecular weight is 272 g/mol. The van der Waals surface area contributed by atoms with Crippen molar-refractivity contribution in [3.05, 3.63) is 0 Å². The first-order chi connectivity index (χ1) is 8.96. The van der Waals surface area contributed by atoms with E-state index in [0.717, 1.165) is 12.8 Å². The minimum atomic E-state index is -1.18. The highest BCUT2D eigenvalue weighted by Crippen LogP contribution is 2.22. The van der Waals surface area contributed by atoms with Gasteiger partial charge in [0.2, 0.25) is 0 Å². The highest BCUT2D eigenvalue weighted by molar-refractivity contribution is 5.86. The monoisotopic (exact) mass is 272 g/mol. The molecule has 0 aromatic rings. The molecule has 1 rings (SSSR count). The van der Waals surface area contributed by atoms with E-state index in [1.165, 1.54) is 0 Å². The smallest absolute Gasteiger partial charge is 0.329 e. The third-order valence-electron chi connectivity index (χ3n) is 3.91.